The number of H-pyrrole nitrogens is 1. The molecule has 0 fully saturated rings. The summed E-state index contributed by atoms with van der Waals surface area (Å²) in [7, 11) is 0. The van der Waals surface area contributed by atoms with Crippen molar-refractivity contribution in [2.24, 2.45) is 10.2 Å². The highest BCUT2D eigenvalue weighted by Crippen LogP contribution is 2.38. The van der Waals surface area contributed by atoms with E-state index in [-0.39, 0.29) is 12.4 Å². The van der Waals surface area contributed by atoms with Crippen LogP contribution < -0.4 is 0 Å². The summed E-state index contributed by atoms with van der Waals surface area (Å²) in [4.78, 5) is 19.4. The molecule has 0 unspecified atom stereocenters. The number of nitrogens with one attached hydrogen (secondary N) is 1. The van der Waals surface area contributed by atoms with Crippen LogP contribution in [-0.2, 0) is 16.0 Å². The van der Waals surface area contributed by atoms with Crippen molar-refractivity contribution in [3.8, 4) is 11.3 Å². The number of para-hydroxylation sites is 1. The van der Waals surface area contributed by atoms with E-state index in [4.69, 9.17) is 4.74 Å². The van der Waals surface area contributed by atoms with Crippen LogP contribution in [0.15, 0.2) is 70.2 Å². The average Bonchev–Trinajstić information content (AvgIpc) is 3.31. The number of rotatable bonds is 6. The fourth-order valence-electron chi connectivity index (χ4n) is 2.92. The Hall–Kier alpha value is -3.32. The Bertz CT molecular complexity index is 1130. The molecular formula is C21H18N4O2S. The van der Waals surface area contributed by atoms with E-state index in [9.17, 15) is 4.79 Å². The van der Waals surface area contributed by atoms with Crippen molar-refractivity contribution in [2.75, 3.05) is 6.61 Å². The number of benzene rings is 2. The van der Waals surface area contributed by atoms with Crippen LogP contribution >= 0.6 is 11.3 Å². The molecule has 0 aliphatic carbocycles. The fourth-order valence-corrected chi connectivity index (χ4v) is 3.56. The molecule has 4 rings (SSSR count). The minimum Gasteiger partial charge on any atom is -0.466 e. The standard InChI is InChI=1S/C21H18N4O2S/c1-2-27-18(26)12-15-13-28-21(22-15)25-24-20-16-10-6-7-11-17(16)23-19(20)14-8-4-3-5-9-14/h3-11,13,23H,2,12H2,1H3. The molecule has 0 radical (unpaired) electrons. The van der Waals surface area contributed by atoms with Gasteiger partial charge in [-0.25, -0.2) is 4.98 Å². The molecule has 140 valence electrons. The second-order valence-electron chi connectivity index (χ2n) is 6.06. The molecule has 0 aliphatic rings. The zero-order valence-corrected chi connectivity index (χ0v) is 16.1. The number of ether oxygens (including phenoxy) is 1. The van der Waals surface area contributed by atoms with Gasteiger partial charge in [-0.3, -0.25) is 4.79 Å². The van der Waals surface area contributed by atoms with Gasteiger partial charge in [-0.05, 0) is 13.0 Å². The third kappa shape index (κ3) is 3.84. The number of esters is 1. The molecular weight excluding hydrogens is 372 g/mol. The third-order valence-corrected chi connectivity index (χ3v) is 4.92. The van der Waals surface area contributed by atoms with E-state index in [1.165, 1.54) is 11.3 Å². The Balaban J connectivity index is 1.66. The molecule has 4 aromatic rings. The minimum atomic E-state index is -0.292. The summed E-state index contributed by atoms with van der Waals surface area (Å²) in [5.74, 6) is -0.292. The Labute approximate surface area is 165 Å². The predicted molar refractivity (Wildman–Crippen MR) is 110 cm³/mol. The summed E-state index contributed by atoms with van der Waals surface area (Å²) in [5, 5.41) is 12.1. The fraction of sp³-hybridized carbons (Fsp3) is 0.143. The lowest BCUT2D eigenvalue weighted by Crippen LogP contribution is -2.07. The highest BCUT2D eigenvalue weighted by atomic mass is 32.1. The van der Waals surface area contributed by atoms with Gasteiger partial charge in [-0.1, -0.05) is 48.5 Å². The predicted octanol–water partition coefficient (Wildman–Crippen LogP) is 5.81. The minimum absolute atomic E-state index is 0.141. The van der Waals surface area contributed by atoms with Gasteiger partial charge in [0.25, 0.3) is 0 Å². The van der Waals surface area contributed by atoms with Crippen LogP contribution in [0.4, 0.5) is 10.8 Å². The van der Waals surface area contributed by atoms with Gasteiger partial charge < -0.3 is 9.72 Å². The normalized spacial score (nSPS) is 11.3. The molecule has 6 nitrogen and oxygen atoms in total. The van der Waals surface area contributed by atoms with E-state index < -0.39 is 0 Å². The van der Waals surface area contributed by atoms with Gasteiger partial charge in [0.2, 0.25) is 5.13 Å². The van der Waals surface area contributed by atoms with Crippen LogP contribution in [0, 0.1) is 0 Å². The lowest BCUT2D eigenvalue weighted by Gasteiger charge is -1.99. The first kappa shape index (κ1) is 18.1. The molecule has 0 saturated carbocycles. The number of aromatic nitrogens is 2. The van der Waals surface area contributed by atoms with Crippen molar-refractivity contribution in [3.05, 3.63) is 65.7 Å². The maximum atomic E-state index is 11.6. The lowest BCUT2D eigenvalue weighted by atomic mass is 10.1. The molecule has 0 saturated heterocycles. The van der Waals surface area contributed by atoms with E-state index in [0.717, 1.165) is 27.8 Å². The Morgan fingerprint density at radius 2 is 1.89 bits per heavy atom. The van der Waals surface area contributed by atoms with Gasteiger partial charge >= 0.3 is 5.97 Å². The van der Waals surface area contributed by atoms with Gasteiger partial charge in [0.1, 0.15) is 5.69 Å². The average molecular weight is 390 g/mol. The monoisotopic (exact) mass is 390 g/mol. The van der Waals surface area contributed by atoms with Crippen LogP contribution in [0.2, 0.25) is 0 Å². The Morgan fingerprint density at radius 3 is 2.71 bits per heavy atom. The van der Waals surface area contributed by atoms with Gasteiger partial charge in [0.15, 0.2) is 0 Å². The number of thiazole rings is 1. The summed E-state index contributed by atoms with van der Waals surface area (Å²) in [5.41, 5.74) is 4.35. The summed E-state index contributed by atoms with van der Waals surface area (Å²) in [6.45, 7) is 2.14. The Morgan fingerprint density at radius 1 is 1.11 bits per heavy atom. The van der Waals surface area contributed by atoms with Crippen molar-refractivity contribution in [3.63, 3.8) is 0 Å². The van der Waals surface area contributed by atoms with Crippen LogP contribution in [0.3, 0.4) is 0 Å². The smallest absolute Gasteiger partial charge is 0.311 e. The molecule has 7 heteroatoms. The first-order valence-corrected chi connectivity index (χ1v) is 9.80. The lowest BCUT2D eigenvalue weighted by molar-refractivity contribution is -0.142. The van der Waals surface area contributed by atoms with Crippen LogP contribution in [0.5, 0.6) is 0 Å². The number of fused-ring (bicyclic) bond motifs is 1. The summed E-state index contributed by atoms with van der Waals surface area (Å²) >= 11 is 1.35. The van der Waals surface area contributed by atoms with Gasteiger partial charge in [0.05, 0.1) is 24.4 Å². The summed E-state index contributed by atoms with van der Waals surface area (Å²) in [6, 6.07) is 18.0. The first-order chi connectivity index (χ1) is 13.7. The molecule has 28 heavy (non-hydrogen) atoms. The number of aromatic amines is 1. The molecule has 1 N–H and O–H groups in total. The molecule has 2 aromatic carbocycles. The van der Waals surface area contributed by atoms with Crippen molar-refractivity contribution < 1.29 is 9.53 Å². The molecule has 0 amide bonds. The van der Waals surface area contributed by atoms with E-state index in [0.29, 0.717) is 17.4 Å². The van der Waals surface area contributed by atoms with E-state index in [1.54, 1.807) is 12.3 Å². The second-order valence-corrected chi connectivity index (χ2v) is 6.90. The molecule has 2 aromatic heterocycles. The van der Waals surface area contributed by atoms with E-state index in [1.807, 2.05) is 54.6 Å². The summed E-state index contributed by atoms with van der Waals surface area (Å²) < 4.78 is 4.95. The number of azo groups is 1. The largest absolute Gasteiger partial charge is 0.466 e. The highest BCUT2D eigenvalue weighted by molar-refractivity contribution is 7.13. The van der Waals surface area contributed by atoms with E-state index >= 15 is 0 Å². The van der Waals surface area contributed by atoms with Crippen molar-refractivity contribution in [1.29, 1.82) is 0 Å². The number of nitrogens with zero attached hydrogens (tertiary/aromatic N) is 3. The topological polar surface area (TPSA) is 79.7 Å². The summed E-state index contributed by atoms with van der Waals surface area (Å²) in [6.07, 6.45) is 0.141. The number of carbonyl (C=O) groups excluding carboxylic acids is 1. The van der Waals surface area contributed by atoms with Crippen LogP contribution in [0.25, 0.3) is 22.2 Å². The molecule has 2 heterocycles. The van der Waals surface area contributed by atoms with Crippen molar-refractivity contribution in [2.45, 2.75) is 13.3 Å². The van der Waals surface area contributed by atoms with Crippen LogP contribution in [0.1, 0.15) is 12.6 Å². The third-order valence-electron chi connectivity index (χ3n) is 4.15. The second kappa shape index (κ2) is 8.14. The molecule has 0 aliphatic heterocycles. The van der Waals surface area contributed by atoms with Crippen molar-refractivity contribution in [1.82, 2.24) is 9.97 Å². The zero-order chi connectivity index (χ0) is 19.3. The molecule has 0 bridgehead atoms. The SMILES string of the molecule is CCOC(=O)Cc1csc(N=Nc2c(-c3ccccc3)[nH]c3ccccc23)n1. The maximum absolute atomic E-state index is 11.6. The number of hydrogen-bond donors (Lipinski definition) is 1. The maximum Gasteiger partial charge on any atom is 0.311 e. The highest BCUT2D eigenvalue weighted by Gasteiger charge is 2.13. The van der Waals surface area contributed by atoms with E-state index in [2.05, 4.69) is 20.2 Å². The first-order valence-electron chi connectivity index (χ1n) is 8.92. The van der Waals surface area contributed by atoms with Crippen LogP contribution in [-0.4, -0.2) is 22.5 Å². The molecule has 0 spiro atoms. The van der Waals surface area contributed by atoms with Gasteiger partial charge in [0, 0.05) is 21.8 Å². The molecule has 0 atom stereocenters. The number of carbonyl (C=O) groups is 1. The Kier molecular flexibility index (Phi) is 5.25. The van der Waals surface area contributed by atoms with Crippen molar-refractivity contribution >= 4 is 39.0 Å². The van der Waals surface area contributed by atoms with Gasteiger partial charge in [-0.15, -0.1) is 21.6 Å². The number of hydrogen-bond acceptors (Lipinski definition) is 6. The quantitative estimate of drug-likeness (QED) is 0.333. The zero-order valence-electron chi connectivity index (χ0n) is 15.3. The van der Waals surface area contributed by atoms with Gasteiger partial charge in [-0.2, -0.15) is 0 Å².